The monoisotopic (exact) mass is 389 g/mol. The van der Waals surface area contributed by atoms with E-state index in [1.807, 2.05) is 42.5 Å². The number of nitrogens with one attached hydrogen (secondary N) is 1. The highest BCUT2D eigenvalue weighted by molar-refractivity contribution is 5.90. The average molecular weight is 389 g/mol. The highest BCUT2D eigenvalue weighted by atomic mass is 16.6. The van der Waals surface area contributed by atoms with Gasteiger partial charge in [0.05, 0.1) is 6.61 Å². The van der Waals surface area contributed by atoms with Crippen molar-refractivity contribution in [3.63, 3.8) is 0 Å². The third kappa shape index (κ3) is 3.55. The Bertz CT molecular complexity index is 1230. The molecule has 0 saturated carbocycles. The molecule has 29 heavy (non-hydrogen) atoms. The number of carbonyl (C=O) groups is 1. The second-order valence-electron chi connectivity index (χ2n) is 6.28. The number of nitro groups is 1. The maximum atomic E-state index is 12.3. The van der Waals surface area contributed by atoms with Crippen molar-refractivity contribution in [2.45, 2.75) is 6.92 Å². The molecule has 2 aromatic carbocycles. The van der Waals surface area contributed by atoms with Crippen molar-refractivity contribution in [1.29, 1.82) is 0 Å². The standard InChI is InChI=1S/C21H16N4O4/c1-2-29-21(26)17-13-18(16-11-10-14-6-3-4-7-15(14)12-16)24(23-17)19-8-5-9-20(22-19)25(27)28/h3-13H,2H2,1H3/p+1. The molecule has 8 heteroatoms. The molecule has 0 spiro atoms. The molecular weight excluding hydrogens is 372 g/mol. The Morgan fingerprint density at radius 3 is 2.66 bits per heavy atom. The first kappa shape index (κ1) is 18.3. The van der Waals surface area contributed by atoms with E-state index in [9.17, 15) is 14.9 Å². The first-order valence-electron chi connectivity index (χ1n) is 9.00. The number of hydrogen-bond acceptors (Lipinski definition) is 5. The molecule has 1 N–H and O–H groups in total. The molecule has 0 aliphatic carbocycles. The summed E-state index contributed by atoms with van der Waals surface area (Å²) in [5.74, 6) is -0.511. The molecule has 8 nitrogen and oxygen atoms in total. The van der Waals surface area contributed by atoms with Crippen molar-refractivity contribution in [2.75, 3.05) is 6.61 Å². The summed E-state index contributed by atoms with van der Waals surface area (Å²) in [5.41, 5.74) is 1.68. The van der Waals surface area contributed by atoms with Gasteiger partial charge in [-0.05, 0) is 40.8 Å². The second kappa shape index (κ2) is 7.51. The van der Waals surface area contributed by atoms with Crippen molar-refractivity contribution in [3.05, 3.63) is 82.5 Å². The minimum atomic E-state index is -0.561. The van der Waals surface area contributed by atoms with Gasteiger partial charge in [-0.15, -0.1) is 4.68 Å². The number of pyridine rings is 1. The smallest absolute Gasteiger partial charge is 0.368 e. The molecule has 0 fully saturated rings. The first-order chi connectivity index (χ1) is 14.1. The number of esters is 1. The van der Waals surface area contributed by atoms with Crippen molar-refractivity contribution in [1.82, 2.24) is 10.1 Å². The van der Waals surface area contributed by atoms with Crippen LogP contribution in [0.1, 0.15) is 17.4 Å². The van der Waals surface area contributed by atoms with Crippen LogP contribution in [0.2, 0.25) is 0 Å². The zero-order chi connectivity index (χ0) is 20.4. The number of ether oxygens (including phenoxy) is 1. The van der Waals surface area contributed by atoms with Gasteiger partial charge in [0.2, 0.25) is 0 Å². The van der Waals surface area contributed by atoms with Crippen LogP contribution in [-0.4, -0.2) is 27.6 Å². The summed E-state index contributed by atoms with van der Waals surface area (Å²) in [4.78, 5) is 26.9. The first-order valence-corrected chi connectivity index (χ1v) is 9.00. The number of aromatic amines is 1. The Kier molecular flexibility index (Phi) is 4.74. The van der Waals surface area contributed by atoms with Crippen LogP contribution < -0.4 is 4.68 Å². The van der Waals surface area contributed by atoms with E-state index in [2.05, 4.69) is 10.1 Å². The normalized spacial score (nSPS) is 10.8. The van der Waals surface area contributed by atoms with Crippen LogP contribution >= 0.6 is 0 Å². The fourth-order valence-electron chi connectivity index (χ4n) is 3.11. The summed E-state index contributed by atoms with van der Waals surface area (Å²) in [7, 11) is 0. The van der Waals surface area contributed by atoms with E-state index < -0.39 is 10.9 Å². The number of rotatable bonds is 5. The van der Waals surface area contributed by atoms with Gasteiger partial charge in [0.1, 0.15) is 0 Å². The molecule has 0 aliphatic heterocycles. The van der Waals surface area contributed by atoms with Gasteiger partial charge in [-0.25, -0.2) is 9.89 Å². The number of hydrogen-bond donors (Lipinski definition) is 1. The lowest BCUT2D eigenvalue weighted by atomic mass is 10.0. The lowest BCUT2D eigenvalue weighted by Crippen LogP contribution is -2.36. The van der Waals surface area contributed by atoms with Gasteiger partial charge in [-0.2, -0.15) is 0 Å². The van der Waals surface area contributed by atoms with Crippen LogP contribution in [-0.2, 0) is 4.74 Å². The molecule has 0 atom stereocenters. The third-order valence-corrected chi connectivity index (χ3v) is 4.43. The summed E-state index contributed by atoms with van der Waals surface area (Å²) >= 11 is 0. The number of aromatic nitrogens is 3. The number of H-pyrrole nitrogens is 1. The van der Waals surface area contributed by atoms with Crippen LogP contribution in [0.25, 0.3) is 27.8 Å². The maximum Gasteiger partial charge on any atom is 0.368 e. The molecule has 0 saturated heterocycles. The van der Waals surface area contributed by atoms with Gasteiger partial charge in [0, 0.05) is 28.7 Å². The van der Waals surface area contributed by atoms with Gasteiger partial charge in [0.15, 0.2) is 11.4 Å². The topological polar surface area (TPSA) is 102 Å². The predicted molar refractivity (Wildman–Crippen MR) is 106 cm³/mol. The molecule has 144 valence electrons. The minimum Gasteiger partial charge on any atom is -0.461 e. The highest BCUT2D eigenvalue weighted by Crippen LogP contribution is 2.24. The van der Waals surface area contributed by atoms with Crippen LogP contribution in [0.5, 0.6) is 0 Å². The Hall–Kier alpha value is -4.07. The lowest BCUT2D eigenvalue weighted by molar-refractivity contribution is -0.648. The Morgan fingerprint density at radius 2 is 1.90 bits per heavy atom. The summed E-state index contributed by atoms with van der Waals surface area (Å²) in [6.07, 6.45) is 0. The van der Waals surface area contributed by atoms with Gasteiger partial charge in [-0.1, -0.05) is 30.3 Å². The molecule has 0 radical (unpaired) electrons. The molecule has 0 unspecified atom stereocenters. The largest absolute Gasteiger partial charge is 0.461 e. The number of fused-ring (bicyclic) bond motifs is 1. The maximum absolute atomic E-state index is 12.3. The summed E-state index contributed by atoms with van der Waals surface area (Å²) < 4.78 is 6.63. The Balaban J connectivity index is 1.90. The lowest BCUT2D eigenvalue weighted by Gasteiger charge is -2.03. The van der Waals surface area contributed by atoms with Crippen molar-refractivity contribution >= 4 is 22.6 Å². The SMILES string of the molecule is CCOC(=O)c1cc(-c2ccc3ccccc3c2)[n+](-c2cccc([N+](=O)[O-])n2)[nH]1. The van der Waals surface area contributed by atoms with Gasteiger partial charge in [-0.3, -0.25) is 0 Å². The molecule has 2 heterocycles. The molecule has 4 rings (SSSR count). The molecule has 0 bridgehead atoms. The predicted octanol–water partition coefficient (Wildman–Crippen LogP) is 3.59. The van der Waals surface area contributed by atoms with E-state index in [0.29, 0.717) is 5.69 Å². The minimum absolute atomic E-state index is 0.225. The van der Waals surface area contributed by atoms with Crippen molar-refractivity contribution in [2.24, 2.45) is 0 Å². The highest BCUT2D eigenvalue weighted by Gasteiger charge is 2.24. The summed E-state index contributed by atoms with van der Waals surface area (Å²) in [6.45, 7) is 1.96. The second-order valence-corrected chi connectivity index (χ2v) is 6.28. The Labute approximate surface area is 165 Å². The molecule has 0 aliphatic rings. The van der Waals surface area contributed by atoms with Crippen molar-refractivity contribution in [3.8, 4) is 17.1 Å². The van der Waals surface area contributed by atoms with Crippen LogP contribution in [0.15, 0.2) is 66.7 Å². The zero-order valence-electron chi connectivity index (χ0n) is 15.5. The molecule has 2 aromatic heterocycles. The fourth-order valence-corrected chi connectivity index (χ4v) is 3.11. The average Bonchev–Trinajstić information content (AvgIpc) is 3.19. The van der Waals surface area contributed by atoms with Crippen LogP contribution in [0.4, 0.5) is 5.82 Å². The molecule has 4 aromatic rings. The van der Waals surface area contributed by atoms with Crippen LogP contribution in [0, 0.1) is 10.1 Å². The number of benzene rings is 2. The van der Waals surface area contributed by atoms with E-state index in [4.69, 9.17) is 4.74 Å². The molecule has 0 amide bonds. The number of nitrogens with zero attached hydrogens (tertiary/aromatic N) is 3. The van der Waals surface area contributed by atoms with Gasteiger partial charge < -0.3 is 14.9 Å². The van der Waals surface area contributed by atoms with E-state index >= 15 is 0 Å². The van der Waals surface area contributed by atoms with Crippen molar-refractivity contribution < 1.29 is 19.1 Å². The quantitative estimate of drug-likeness (QED) is 0.243. The van der Waals surface area contributed by atoms with E-state index in [0.717, 1.165) is 16.3 Å². The van der Waals surface area contributed by atoms with Crippen LogP contribution in [0.3, 0.4) is 0 Å². The zero-order valence-corrected chi connectivity index (χ0v) is 15.5. The fraction of sp³-hybridized carbons (Fsp3) is 0.0952. The van der Waals surface area contributed by atoms with Gasteiger partial charge in [0.25, 0.3) is 0 Å². The number of carbonyl (C=O) groups excluding carboxylic acids is 1. The van der Waals surface area contributed by atoms with E-state index in [1.54, 1.807) is 29.8 Å². The molecular formula is C21H17N4O4+. The van der Waals surface area contributed by atoms with E-state index in [-0.39, 0.29) is 23.9 Å². The van der Waals surface area contributed by atoms with Gasteiger partial charge >= 0.3 is 17.6 Å². The summed E-state index contributed by atoms with van der Waals surface area (Å²) in [6, 6.07) is 19.9. The summed E-state index contributed by atoms with van der Waals surface area (Å²) in [5, 5.41) is 16.2. The van der Waals surface area contributed by atoms with E-state index in [1.165, 1.54) is 6.07 Å². The third-order valence-electron chi connectivity index (χ3n) is 4.43. The Morgan fingerprint density at radius 1 is 1.10 bits per heavy atom.